The van der Waals surface area contributed by atoms with E-state index in [0.29, 0.717) is 0 Å². The first-order chi connectivity index (χ1) is 6.18. The first kappa shape index (κ1) is 10.1. The number of hydrogen-bond acceptors (Lipinski definition) is 0. The lowest BCUT2D eigenvalue weighted by molar-refractivity contribution is 1.39. The van der Waals surface area contributed by atoms with Crippen LogP contribution >= 0.6 is 11.6 Å². The third-order valence-corrected chi connectivity index (χ3v) is 1.75. The fourth-order valence-corrected chi connectivity index (χ4v) is 1.37. The molecule has 0 atom stereocenters. The molecule has 0 amide bonds. The lowest BCUT2D eigenvalue weighted by atomic mass is 10.2. The maximum absolute atomic E-state index is 6.00. The zero-order valence-electron chi connectivity index (χ0n) is 7.92. The van der Waals surface area contributed by atoms with E-state index in [4.69, 9.17) is 11.6 Å². The fourth-order valence-electron chi connectivity index (χ4n) is 1.03. The summed E-state index contributed by atoms with van der Waals surface area (Å²) in [4.78, 5) is 0. The molecule has 1 rings (SSSR count). The smallest absolute Gasteiger partial charge is 0.0411 e. The average Bonchev–Trinajstić information content (AvgIpc) is 2.04. The lowest BCUT2D eigenvalue weighted by Crippen LogP contribution is -1.71. The van der Waals surface area contributed by atoms with Gasteiger partial charge in [-0.05, 0) is 31.6 Å². The van der Waals surface area contributed by atoms with Crippen LogP contribution in [0.1, 0.15) is 19.4 Å². The fraction of sp³-hybridized carbons (Fsp3) is 0.167. The lowest BCUT2D eigenvalue weighted by Gasteiger charge is -1.93. The van der Waals surface area contributed by atoms with Gasteiger partial charge in [0.1, 0.15) is 0 Å². The highest BCUT2D eigenvalue weighted by atomic mass is 35.5. The van der Waals surface area contributed by atoms with E-state index in [9.17, 15) is 0 Å². The van der Waals surface area contributed by atoms with E-state index in [1.54, 1.807) is 0 Å². The van der Waals surface area contributed by atoms with Crippen LogP contribution in [-0.2, 0) is 0 Å². The average molecular weight is 193 g/mol. The Labute approximate surface area is 84.5 Å². The Morgan fingerprint density at radius 3 is 2.31 bits per heavy atom. The molecule has 0 aliphatic carbocycles. The highest BCUT2D eigenvalue weighted by molar-refractivity contribution is 6.33. The third-order valence-electron chi connectivity index (χ3n) is 1.53. The minimum Gasteiger partial charge on any atom is -0.0843 e. The maximum Gasteiger partial charge on any atom is 0.0411 e. The topological polar surface area (TPSA) is 0 Å². The summed E-state index contributed by atoms with van der Waals surface area (Å²) in [5, 5.41) is 0.770. The van der Waals surface area contributed by atoms with E-state index in [-0.39, 0.29) is 0 Å². The number of hydrogen-bond donors (Lipinski definition) is 0. The first-order valence-electron chi connectivity index (χ1n) is 4.25. The van der Waals surface area contributed by atoms with Gasteiger partial charge in [-0.15, -0.1) is 0 Å². The summed E-state index contributed by atoms with van der Waals surface area (Å²) in [6.45, 7) is 4.06. The number of halogens is 1. The van der Waals surface area contributed by atoms with Crippen LogP contribution in [0.5, 0.6) is 0 Å². The molecule has 1 aromatic carbocycles. The van der Waals surface area contributed by atoms with Gasteiger partial charge in [-0.2, -0.15) is 0 Å². The second-order valence-corrected chi connectivity index (χ2v) is 3.60. The predicted molar refractivity (Wildman–Crippen MR) is 59.7 cm³/mol. The quantitative estimate of drug-likeness (QED) is 0.616. The molecule has 0 aliphatic heterocycles. The van der Waals surface area contributed by atoms with E-state index < -0.39 is 0 Å². The molecule has 0 aliphatic rings. The number of benzene rings is 1. The largest absolute Gasteiger partial charge is 0.0843 e. The molecule has 0 radical (unpaired) electrons. The number of allylic oxidation sites excluding steroid dienone is 3. The molecule has 1 heteroatoms. The van der Waals surface area contributed by atoms with Crippen molar-refractivity contribution in [1.82, 2.24) is 0 Å². The molecule has 0 unspecified atom stereocenters. The van der Waals surface area contributed by atoms with Crippen molar-refractivity contribution in [2.45, 2.75) is 13.8 Å². The molecule has 0 nitrogen and oxygen atoms in total. The molecule has 13 heavy (non-hydrogen) atoms. The standard InChI is InChI=1S/C12H13Cl/c1-10(2)8-12(13)9-11-6-4-3-5-7-11/h3-9H,1-2H3/b12-9-. The molecular formula is C12H13Cl. The van der Waals surface area contributed by atoms with Crippen molar-refractivity contribution >= 4 is 17.7 Å². The summed E-state index contributed by atoms with van der Waals surface area (Å²) >= 11 is 6.00. The van der Waals surface area contributed by atoms with Gasteiger partial charge in [-0.25, -0.2) is 0 Å². The first-order valence-corrected chi connectivity index (χ1v) is 4.63. The minimum absolute atomic E-state index is 0.770. The molecule has 0 spiro atoms. The highest BCUT2D eigenvalue weighted by Crippen LogP contribution is 2.12. The molecule has 0 aromatic heterocycles. The van der Waals surface area contributed by atoms with Crippen molar-refractivity contribution in [3.63, 3.8) is 0 Å². The highest BCUT2D eigenvalue weighted by Gasteiger charge is 1.88. The van der Waals surface area contributed by atoms with E-state index in [0.717, 1.165) is 10.6 Å². The third kappa shape index (κ3) is 3.95. The van der Waals surface area contributed by atoms with Crippen LogP contribution in [0.15, 0.2) is 47.0 Å². The van der Waals surface area contributed by atoms with Crippen LogP contribution in [0.3, 0.4) is 0 Å². The normalized spacial score (nSPS) is 11.2. The minimum atomic E-state index is 0.770. The van der Waals surface area contributed by atoms with Crippen molar-refractivity contribution in [3.05, 3.63) is 52.6 Å². The molecule has 0 saturated carbocycles. The van der Waals surface area contributed by atoms with Crippen molar-refractivity contribution in [3.8, 4) is 0 Å². The van der Waals surface area contributed by atoms with E-state index >= 15 is 0 Å². The van der Waals surface area contributed by atoms with Gasteiger partial charge in [0.2, 0.25) is 0 Å². The van der Waals surface area contributed by atoms with Gasteiger partial charge in [0.25, 0.3) is 0 Å². The van der Waals surface area contributed by atoms with Crippen molar-refractivity contribution in [1.29, 1.82) is 0 Å². The molecule has 1 aromatic rings. The van der Waals surface area contributed by atoms with Crippen LogP contribution in [-0.4, -0.2) is 0 Å². The Kier molecular flexibility index (Phi) is 3.78. The van der Waals surface area contributed by atoms with Crippen molar-refractivity contribution in [2.24, 2.45) is 0 Å². The van der Waals surface area contributed by atoms with Gasteiger partial charge < -0.3 is 0 Å². The molecule has 0 fully saturated rings. The summed E-state index contributed by atoms with van der Waals surface area (Å²) in [5.74, 6) is 0. The van der Waals surface area contributed by atoms with Crippen LogP contribution in [0.2, 0.25) is 0 Å². The zero-order valence-corrected chi connectivity index (χ0v) is 8.68. The van der Waals surface area contributed by atoms with Crippen LogP contribution in [0.4, 0.5) is 0 Å². The van der Waals surface area contributed by atoms with Crippen molar-refractivity contribution in [2.75, 3.05) is 0 Å². The van der Waals surface area contributed by atoms with Crippen LogP contribution in [0, 0.1) is 0 Å². The summed E-state index contributed by atoms with van der Waals surface area (Å²) in [5.41, 5.74) is 2.34. The van der Waals surface area contributed by atoms with Gasteiger partial charge in [0.15, 0.2) is 0 Å². The Balaban J connectivity index is 2.83. The molecule has 0 saturated heterocycles. The zero-order chi connectivity index (χ0) is 9.68. The Hall–Kier alpha value is -1.01. The molecular weight excluding hydrogens is 180 g/mol. The van der Waals surface area contributed by atoms with Gasteiger partial charge in [-0.3, -0.25) is 0 Å². The molecule has 68 valence electrons. The van der Waals surface area contributed by atoms with E-state index in [2.05, 4.69) is 0 Å². The van der Waals surface area contributed by atoms with E-state index in [1.807, 2.05) is 56.3 Å². The summed E-state index contributed by atoms with van der Waals surface area (Å²) < 4.78 is 0. The second kappa shape index (κ2) is 4.88. The molecule has 0 N–H and O–H groups in total. The monoisotopic (exact) mass is 192 g/mol. The van der Waals surface area contributed by atoms with Gasteiger partial charge in [0, 0.05) is 5.03 Å². The van der Waals surface area contributed by atoms with Crippen molar-refractivity contribution < 1.29 is 0 Å². The SMILES string of the molecule is CC(C)=C/C(Cl)=C/c1ccccc1. The van der Waals surface area contributed by atoms with Crippen LogP contribution in [0.25, 0.3) is 6.08 Å². The summed E-state index contributed by atoms with van der Waals surface area (Å²) in [7, 11) is 0. The predicted octanol–water partition coefficient (Wildman–Crippen LogP) is 4.23. The Morgan fingerprint density at radius 1 is 1.15 bits per heavy atom. The molecule has 0 heterocycles. The van der Waals surface area contributed by atoms with Gasteiger partial charge in [-0.1, -0.05) is 47.5 Å². The van der Waals surface area contributed by atoms with Gasteiger partial charge in [0.05, 0.1) is 0 Å². The number of rotatable bonds is 2. The Bertz CT molecular complexity index is 316. The Morgan fingerprint density at radius 2 is 1.77 bits per heavy atom. The van der Waals surface area contributed by atoms with Gasteiger partial charge >= 0.3 is 0 Å². The molecule has 0 bridgehead atoms. The summed E-state index contributed by atoms with van der Waals surface area (Å²) in [6, 6.07) is 10.0. The summed E-state index contributed by atoms with van der Waals surface area (Å²) in [6.07, 6.45) is 3.91. The van der Waals surface area contributed by atoms with Crippen LogP contribution < -0.4 is 0 Å². The van der Waals surface area contributed by atoms with E-state index in [1.165, 1.54) is 5.57 Å². The second-order valence-electron chi connectivity index (χ2n) is 3.16. The maximum atomic E-state index is 6.00.